The van der Waals surface area contributed by atoms with Gasteiger partial charge in [-0.2, -0.15) is 4.31 Å². The fraction of sp³-hybridized carbons (Fsp3) is 0.316. The minimum absolute atomic E-state index is 0.00549. The van der Waals surface area contributed by atoms with E-state index in [1.54, 1.807) is 12.1 Å². The number of benzene rings is 2. The molecule has 2 rings (SSSR count). The molecule has 0 unspecified atom stereocenters. The Labute approximate surface area is 185 Å². The van der Waals surface area contributed by atoms with Gasteiger partial charge in [0.1, 0.15) is 10.6 Å². The van der Waals surface area contributed by atoms with E-state index in [-0.39, 0.29) is 37.3 Å². The molecule has 158 valence electrons. The summed E-state index contributed by atoms with van der Waals surface area (Å²) in [7, 11) is -1.28. The van der Waals surface area contributed by atoms with Crippen molar-refractivity contribution in [3.8, 4) is 5.75 Å². The van der Waals surface area contributed by atoms with Crippen LogP contribution >= 0.6 is 34.8 Å². The number of methoxy groups -OCH3 is 1. The molecule has 0 aliphatic heterocycles. The van der Waals surface area contributed by atoms with Gasteiger partial charge in [-0.3, -0.25) is 4.79 Å². The normalized spacial score (nSPS) is 11.8. The van der Waals surface area contributed by atoms with Crippen molar-refractivity contribution in [2.75, 3.05) is 26.0 Å². The molecule has 0 saturated carbocycles. The lowest BCUT2D eigenvalue weighted by atomic mass is 10.0. The van der Waals surface area contributed by atoms with E-state index in [4.69, 9.17) is 39.5 Å². The summed E-state index contributed by atoms with van der Waals surface area (Å²) in [5.74, 6) is -0.259. The van der Waals surface area contributed by atoms with Crippen molar-refractivity contribution in [2.24, 2.45) is 0 Å². The monoisotopic (exact) mass is 478 g/mol. The van der Waals surface area contributed by atoms with Crippen LogP contribution in [0.5, 0.6) is 5.75 Å². The molecule has 0 aliphatic rings. The van der Waals surface area contributed by atoms with Gasteiger partial charge in [0.2, 0.25) is 15.9 Å². The highest BCUT2D eigenvalue weighted by atomic mass is 35.5. The summed E-state index contributed by atoms with van der Waals surface area (Å²) < 4.78 is 32.2. The Bertz CT molecular complexity index is 1030. The van der Waals surface area contributed by atoms with Crippen LogP contribution in [-0.2, 0) is 14.8 Å². The number of nitrogens with one attached hydrogen (secondary N) is 1. The quantitative estimate of drug-likeness (QED) is 0.565. The van der Waals surface area contributed by atoms with Crippen LogP contribution in [0.2, 0.25) is 15.1 Å². The van der Waals surface area contributed by atoms with Crippen molar-refractivity contribution in [1.82, 2.24) is 4.31 Å². The Morgan fingerprint density at radius 3 is 2.31 bits per heavy atom. The van der Waals surface area contributed by atoms with E-state index in [0.29, 0.717) is 0 Å². The third kappa shape index (κ3) is 5.55. The average molecular weight is 480 g/mol. The Morgan fingerprint density at radius 2 is 1.72 bits per heavy atom. The number of anilines is 1. The number of ether oxygens (including phenoxy) is 1. The molecular weight excluding hydrogens is 459 g/mol. The minimum Gasteiger partial charge on any atom is -0.495 e. The van der Waals surface area contributed by atoms with Gasteiger partial charge in [-0.15, -0.1) is 0 Å². The molecule has 0 saturated heterocycles. The van der Waals surface area contributed by atoms with Crippen LogP contribution in [0.4, 0.5) is 5.69 Å². The van der Waals surface area contributed by atoms with E-state index >= 15 is 0 Å². The first-order chi connectivity index (χ1) is 13.5. The molecule has 0 fully saturated rings. The van der Waals surface area contributed by atoms with Gasteiger partial charge < -0.3 is 10.1 Å². The third-order valence-corrected chi connectivity index (χ3v) is 7.05. The van der Waals surface area contributed by atoms with Gasteiger partial charge >= 0.3 is 0 Å². The molecule has 1 N–H and O–H groups in total. The number of nitrogens with zero attached hydrogens (tertiary/aromatic N) is 1. The first-order valence-electron chi connectivity index (χ1n) is 8.56. The van der Waals surface area contributed by atoms with Crippen LogP contribution < -0.4 is 10.1 Å². The van der Waals surface area contributed by atoms with Gasteiger partial charge in [-0.25, -0.2) is 8.42 Å². The number of halogens is 3. The highest BCUT2D eigenvalue weighted by Crippen LogP contribution is 2.33. The maximum atomic E-state index is 13.0. The number of hydrogen-bond donors (Lipinski definition) is 1. The predicted molar refractivity (Wildman–Crippen MR) is 117 cm³/mol. The molecule has 0 aromatic heterocycles. The molecule has 1 amide bonds. The van der Waals surface area contributed by atoms with Gasteiger partial charge in [0.05, 0.1) is 34.4 Å². The van der Waals surface area contributed by atoms with Crippen LogP contribution in [-0.4, -0.2) is 39.3 Å². The van der Waals surface area contributed by atoms with Crippen molar-refractivity contribution in [3.05, 3.63) is 51.0 Å². The topological polar surface area (TPSA) is 75.7 Å². The second-order valence-corrected chi connectivity index (χ2v) is 9.86. The van der Waals surface area contributed by atoms with E-state index in [9.17, 15) is 13.2 Å². The van der Waals surface area contributed by atoms with Gasteiger partial charge in [0.25, 0.3) is 0 Å². The molecule has 0 radical (unpaired) electrons. The molecule has 0 heterocycles. The number of amides is 1. The van der Waals surface area contributed by atoms with Crippen LogP contribution in [0.3, 0.4) is 0 Å². The molecule has 6 nitrogen and oxygen atoms in total. The minimum atomic E-state index is -3.98. The summed E-state index contributed by atoms with van der Waals surface area (Å²) in [6, 6.07) is 7.76. The Balaban J connectivity index is 2.25. The van der Waals surface area contributed by atoms with Crippen molar-refractivity contribution in [3.63, 3.8) is 0 Å². The van der Waals surface area contributed by atoms with E-state index in [2.05, 4.69) is 5.32 Å². The first-order valence-corrected chi connectivity index (χ1v) is 11.1. The third-order valence-electron chi connectivity index (χ3n) is 4.19. The summed E-state index contributed by atoms with van der Waals surface area (Å²) >= 11 is 17.9. The molecular formula is C19H21Cl3N2O4S. The molecule has 2 aromatic rings. The second kappa shape index (κ2) is 9.53. The smallest absolute Gasteiger partial charge is 0.246 e. The number of carbonyl (C=O) groups is 1. The Kier molecular flexibility index (Phi) is 7.81. The number of rotatable bonds is 7. The summed E-state index contributed by atoms with van der Waals surface area (Å²) in [5, 5.41) is 3.18. The maximum absolute atomic E-state index is 13.0. The fourth-order valence-electron chi connectivity index (χ4n) is 2.52. The lowest BCUT2D eigenvalue weighted by Gasteiger charge is -2.20. The molecule has 0 atom stereocenters. The molecule has 29 heavy (non-hydrogen) atoms. The number of sulfonamides is 1. The zero-order valence-corrected chi connectivity index (χ0v) is 19.4. The van der Waals surface area contributed by atoms with Crippen molar-refractivity contribution in [1.29, 1.82) is 0 Å². The van der Waals surface area contributed by atoms with Crippen molar-refractivity contribution in [2.45, 2.75) is 24.7 Å². The van der Waals surface area contributed by atoms with Gasteiger partial charge in [0.15, 0.2) is 0 Å². The van der Waals surface area contributed by atoms with E-state index in [0.717, 1.165) is 9.87 Å². The van der Waals surface area contributed by atoms with Gasteiger partial charge in [0, 0.05) is 7.05 Å². The maximum Gasteiger partial charge on any atom is 0.246 e. The number of carbonyl (C=O) groups excluding carboxylic acids is 1. The van der Waals surface area contributed by atoms with E-state index in [1.165, 1.54) is 26.3 Å². The Hall–Kier alpha value is -1.51. The molecule has 10 heteroatoms. The zero-order valence-electron chi connectivity index (χ0n) is 16.3. The second-order valence-electron chi connectivity index (χ2n) is 6.62. The van der Waals surface area contributed by atoms with Crippen LogP contribution in [0.25, 0.3) is 0 Å². The van der Waals surface area contributed by atoms with Crippen LogP contribution in [0, 0.1) is 0 Å². The van der Waals surface area contributed by atoms with E-state index < -0.39 is 22.5 Å². The van der Waals surface area contributed by atoms with Gasteiger partial charge in [-0.1, -0.05) is 54.7 Å². The molecule has 0 aliphatic carbocycles. The summed E-state index contributed by atoms with van der Waals surface area (Å²) in [4.78, 5) is 12.4. The average Bonchev–Trinajstić information content (AvgIpc) is 2.65. The fourth-order valence-corrected chi connectivity index (χ4v) is 4.42. The summed E-state index contributed by atoms with van der Waals surface area (Å²) in [5.41, 5.74) is 1.07. The molecule has 2 aromatic carbocycles. The first kappa shape index (κ1) is 23.8. The lowest BCUT2D eigenvalue weighted by Crippen LogP contribution is -2.35. The van der Waals surface area contributed by atoms with Crippen molar-refractivity contribution >= 4 is 56.4 Å². The van der Waals surface area contributed by atoms with Crippen molar-refractivity contribution < 1.29 is 17.9 Å². The lowest BCUT2D eigenvalue weighted by molar-refractivity contribution is -0.116. The number of hydrogen-bond acceptors (Lipinski definition) is 4. The Morgan fingerprint density at radius 1 is 1.10 bits per heavy atom. The van der Waals surface area contributed by atoms with Crippen LogP contribution in [0.15, 0.2) is 35.2 Å². The standard InChI is InChI=1S/C19H21Cl3N2O4S/c1-11(2)12-5-6-17(28-4)18(7-12)29(26,27)24(3)10-19(25)23-16-9-14(21)13(20)8-15(16)22/h5-9,11H,10H2,1-4H3,(H,23,25). The summed E-state index contributed by atoms with van der Waals surface area (Å²) in [6.45, 7) is 3.47. The number of likely N-dealkylation sites (N-methyl/N-ethyl adjacent to an activating group) is 1. The predicted octanol–water partition coefficient (Wildman–Crippen LogP) is 5.04. The summed E-state index contributed by atoms with van der Waals surface area (Å²) in [6.07, 6.45) is 0. The zero-order chi connectivity index (χ0) is 21.9. The van der Waals surface area contributed by atoms with Crippen LogP contribution in [0.1, 0.15) is 25.3 Å². The molecule has 0 bridgehead atoms. The highest BCUT2D eigenvalue weighted by Gasteiger charge is 2.27. The largest absolute Gasteiger partial charge is 0.495 e. The van der Waals surface area contributed by atoms with E-state index in [1.807, 2.05) is 19.9 Å². The molecule has 0 spiro atoms. The van der Waals surface area contributed by atoms with Gasteiger partial charge in [-0.05, 0) is 35.7 Å². The SMILES string of the molecule is COc1ccc(C(C)C)cc1S(=O)(=O)N(C)CC(=O)Nc1cc(Cl)c(Cl)cc1Cl. The highest BCUT2D eigenvalue weighted by molar-refractivity contribution is 7.89.